The first-order chi connectivity index (χ1) is 13.0. The second-order valence-corrected chi connectivity index (χ2v) is 6.60. The molecule has 27 heavy (non-hydrogen) atoms. The number of hydrogen-bond donors (Lipinski definition) is 2. The molecule has 140 valence electrons. The zero-order valence-corrected chi connectivity index (χ0v) is 15.5. The maximum Gasteiger partial charge on any atom is 0.244 e. The van der Waals surface area contributed by atoms with E-state index in [0.717, 1.165) is 35.4 Å². The van der Waals surface area contributed by atoms with Crippen LogP contribution in [0, 0.1) is 5.92 Å². The van der Waals surface area contributed by atoms with Crippen molar-refractivity contribution in [2.24, 2.45) is 11.0 Å². The highest BCUT2D eigenvalue weighted by Gasteiger charge is 2.29. The highest BCUT2D eigenvalue weighted by Crippen LogP contribution is 2.30. The highest BCUT2D eigenvalue weighted by molar-refractivity contribution is 6.00. The largest absolute Gasteiger partial charge is 0.497 e. The minimum atomic E-state index is -0.187. The van der Waals surface area contributed by atoms with E-state index in [0.29, 0.717) is 5.71 Å². The lowest BCUT2D eigenvalue weighted by Gasteiger charge is -2.07. The molecule has 0 atom stereocenters. The van der Waals surface area contributed by atoms with Gasteiger partial charge in [0.2, 0.25) is 11.8 Å². The third-order valence-corrected chi connectivity index (χ3v) is 4.39. The topological polar surface area (TPSA) is 79.8 Å². The molecule has 2 N–H and O–H groups in total. The van der Waals surface area contributed by atoms with Crippen molar-refractivity contribution in [1.29, 1.82) is 0 Å². The molecule has 3 rings (SSSR count). The summed E-state index contributed by atoms with van der Waals surface area (Å²) in [7, 11) is 1.60. The van der Waals surface area contributed by atoms with Crippen LogP contribution in [0.15, 0.2) is 53.6 Å². The van der Waals surface area contributed by atoms with Crippen molar-refractivity contribution in [3.8, 4) is 5.75 Å². The molecule has 0 unspecified atom stereocenters. The molecule has 1 aliphatic rings. The van der Waals surface area contributed by atoms with Crippen molar-refractivity contribution in [2.45, 2.75) is 26.2 Å². The van der Waals surface area contributed by atoms with Gasteiger partial charge in [0.05, 0.1) is 19.2 Å². The van der Waals surface area contributed by atoms with Gasteiger partial charge in [-0.15, -0.1) is 0 Å². The lowest BCUT2D eigenvalue weighted by molar-refractivity contribution is -0.120. The fraction of sp³-hybridized carbons (Fsp3) is 0.286. The lowest BCUT2D eigenvalue weighted by atomic mass is 10.1. The van der Waals surface area contributed by atoms with Crippen LogP contribution in [0.4, 0.5) is 5.69 Å². The number of nitrogens with zero attached hydrogens (tertiary/aromatic N) is 1. The summed E-state index contributed by atoms with van der Waals surface area (Å²) in [4.78, 5) is 23.8. The van der Waals surface area contributed by atoms with E-state index in [-0.39, 0.29) is 24.2 Å². The number of hydrogen-bond acceptors (Lipinski definition) is 4. The summed E-state index contributed by atoms with van der Waals surface area (Å²) in [6.45, 7) is 1.82. The third-order valence-electron chi connectivity index (χ3n) is 4.39. The molecule has 0 spiro atoms. The number of amides is 2. The Bertz CT molecular complexity index is 838. The Balaban J connectivity index is 1.52. The van der Waals surface area contributed by atoms with Crippen molar-refractivity contribution in [1.82, 2.24) is 5.43 Å². The predicted octanol–water partition coefficient (Wildman–Crippen LogP) is 3.13. The average Bonchev–Trinajstić information content (AvgIpc) is 3.53. The molecule has 0 saturated heterocycles. The number of nitrogens with one attached hydrogen (secondary N) is 2. The van der Waals surface area contributed by atoms with E-state index in [4.69, 9.17) is 4.74 Å². The Labute approximate surface area is 158 Å². The Morgan fingerprint density at radius 2 is 1.74 bits per heavy atom. The number of benzene rings is 2. The summed E-state index contributed by atoms with van der Waals surface area (Å²) < 4.78 is 5.10. The number of carbonyl (C=O) groups excluding carboxylic acids is 2. The number of carbonyl (C=O) groups is 2. The molecular weight excluding hydrogens is 342 g/mol. The molecule has 0 radical (unpaired) electrons. The summed E-state index contributed by atoms with van der Waals surface area (Å²) in [5, 5.41) is 7.06. The molecule has 1 aliphatic carbocycles. The van der Waals surface area contributed by atoms with Crippen LogP contribution in [-0.4, -0.2) is 24.6 Å². The number of methoxy groups -OCH3 is 1. The third kappa shape index (κ3) is 5.41. The molecule has 2 amide bonds. The average molecular weight is 365 g/mol. The van der Waals surface area contributed by atoms with Crippen molar-refractivity contribution in [3.05, 3.63) is 59.7 Å². The van der Waals surface area contributed by atoms with Gasteiger partial charge >= 0.3 is 0 Å². The van der Waals surface area contributed by atoms with E-state index in [1.165, 1.54) is 0 Å². The van der Waals surface area contributed by atoms with Crippen molar-refractivity contribution in [2.75, 3.05) is 12.4 Å². The van der Waals surface area contributed by atoms with Crippen LogP contribution in [0.5, 0.6) is 5.75 Å². The molecule has 1 saturated carbocycles. The standard InChI is InChI=1S/C21H23N3O3/c1-14(16-7-9-18(10-8-16)22-21(26)17-5-6-17)23-24-20(25)13-15-3-11-19(27-2)12-4-15/h3-4,7-12,17H,5-6,13H2,1-2H3,(H,22,26)(H,24,25)/b23-14+. The number of hydrazone groups is 1. The van der Waals surface area contributed by atoms with E-state index in [1.807, 2.05) is 55.5 Å². The van der Waals surface area contributed by atoms with Crippen LogP contribution in [0.3, 0.4) is 0 Å². The Hall–Kier alpha value is -3.15. The van der Waals surface area contributed by atoms with E-state index >= 15 is 0 Å². The maximum absolute atomic E-state index is 12.1. The van der Waals surface area contributed by atoms with Gasteiger partial charge in [0, 0.05) is 11.6 Å². The maximum atomic E-state index is 12.1. The SMILES string of the molecule is COc1ccc(CC(=O)N/N=C(\C)c2ccc(NC(=O)C3CC3)cc2)cc1. The molecule has 6 heteroatoms. The fourth-order valence-electron chi connectivity index (χ4n) is 2.56. The van der Waals surface area contributed by atoms with Gasteiger partial charge in [-0.05, 0) is 55.2 Å². The van der Waals surface area contributed by atoms with Gasteiger partial charge < -0.3 is 10.1 Å². The van der Waals surface area contributed by atoms with E-state index < -0.39 is 0 Å². The summed E-state index contributed by atoms with van der Waals surface area (Å²) in [5.74, 6) is 0.824. The molecular formula is C21H23N3O3. The molecule has 6 nitrogen and oxygen atoms in total. The summed E-state index contributed by atoms with van der Waals surface area (Å²) in [5.41, 5.74) is 5.80. The second kappa shape index (κ2) is 8.49. The molecule has 2 aromatic carbocycles. The Kier molecular flexibility index (Phi) is 5.86. The van der Waals surface area contributed by atoms with Gasteiger partial charge in [0.25, 0.3) is 0 Å². The summed E-state index contributed by atoms with van der Waals surface area (Å²) >= 11 is 0. The zero-order valence-electron chi connectivity index (χ0n) is 15.5. The van der Waals surface area contributed by atoms with Crippen LogP contribution < -0.4 is 15.5 Å². The predicted molar refractivity (Wildman–Crippen MR) is 105 cm³/mol. The monoisotopic (exact) mass is 365 g/mol. The molecule has 2 aromatic rings. The van der Waals surface area contributed by atoms with Gasteiger partial charge in [-0.25, -0.2) is 5.43 Å². The van der Waals surface area contributed by atoms with Crippen LogP contribution in [0.2, 0.25) is 0 Å². The molecule has 0 aliphatic heterocycles. The van der Waals surface area contributed by atoms with Crippen LogP contribution in [-0.2, 0) is 16.0 Å². The van der Waals surface area contributed by atoms with Gasteiger partial charge in [0.15, 0.2) is 0 Å². The number of ether oxygens (including phenoxy) is 1. The Morgan fingerprint density at radius 3 is 2.33 bits per heavy atom. The van der Waals surface area contributed by atoms with Crippen LogP contribution >= 0.6 is 0 Å². The van der Waals surface area contributed by atoms with E-state index in [2.05, 4.69) is 15.8 Å². The molecule has 1 fully saturated rings. The van der Waals surface area contributed by atoms with Crippen molar-refractivity contribution in [3.63, 3.8) is 0 Å². The normalized spacial score (nSPS) is 13.8. The quantitative estimate of drug-likeness (QED) is 0.584. The van der Waals surface area contributed by atoms with Gasteiger partial charge in [0.1, 0.15) is 5.75 Å². The fourth-order valence-corrected chi connectivity index (χ4v) is 2.56. The van der Waals surface area contributed by atoms with Gasteiger partial charge in [-0.2, -0.15) is 5.10 Å². The van der Waals surface area contributed by atoms with Crippen LogP contribution in [0.25, 0.3) is 0 Å². The van der Waals surface area contributed by atoms with E-state index in [1.54, 1.807) is 7.11 Å². The first kappa shape index (κ1) is 18.6. The zero-order chi connectivity index (χ0) is 19.2. The van der Waals surface area contributed by atoms with Gasteiger partial charge in [-0.1, -0.05) is 24.3 Å². The van der Waals surface area contributed by atoms with Crippen molar-refractivity contribution < 1.29 is 14.3 Å². The number of rotatable bonds is 7. The minimum Gasteiger partial charge on any atom is -0.497 e. The number of anilines is 1. The van der Waals surface area contributed by atoms with E-state index in [9.17, 15) is 9.59 Å². The first-order valence-corrected chi connectivity index (χ1v) is 8.92. The van der Waals surface area contributed by atoms with Crippen molar-refractivity contribution >= 4 is 23.2 Å². The minimum absolute atomic E-state index is 0.0823. The Morgan fingerprint density at radius 1 is 1.07 bits per heavy atom. The summed E-state index contributed by atoms with van der Waals surface area (Å²) in [6.07, 6.45) is 2.20. The van der Waals surface area contributed by atoms with Gasteiger partial charge in [-0.3, -0.25) is 9.59 Å². The molecule has 0 bridgehead atoms. The summed E-state index contributed by atoms with van der Waals surface area (Å²) in [6, 6.07) is 14.8. The first-order valence-electron chi connectivity index (χ1n) is 8.92. The highest BCUT2D eigenvalue weighted by atomic mass is 16.5. The lowest BCUT2D eigenvalue weighted by Crippen LogP contribution is -2.21. The molecule has 0 aromatic heterocycles. The smallest absolute Gasteiger partial charge is 0.244 e. The van der Waals surface area contributed by atoms with Crippen LogP contribution in [0.1, 0.15) is 30.9 Å². The second-order valence-electron chi connectivity index (χ2n) is 6.60. The molecule has 0 heterocycles.